The van der Waals surface area contributed by atoms with E-state index < -0.39 is 65.4 Å². The predicted octanol–water partition coefficient (Wildman–Crippen LogP) is 3.38. The van der Waals surface area contributed by atoms with Gasteiger partial charge in [-0.3, -0.25) is 0 Å². The number of nitrogens with zero attached hydrogens (tertiary/aromatic N) is 1. The first-order valence-corrected chi connectivity index (χ1v) is 13.7. The van der Waals surface area contributed by atoms with Gasteiger partial charge in [0, 0.05) is 32.1 Å². The minimum Gasteiger partial charge on any atom is -0.616 e. The molecular formula is C25H35F4N3O5S. The highest BCUT2D eigenvalue weighted by Crippen LogP contribution is 2.33. The number of ether oxygens (including phenoxy) is 2. The van der Waals surface area contributed by atoms with Crippen molar-refractivity contribution in [2.24, 2.45) is 11.3 Å². The fourth-order valence-corrected chi connectivity index (χ4v) is 5.98. The van der Waals surface area contributed by atoms with E-state index in [4.69, 9.17) is 15.0 Å². The van der Waals surface area contributed by atoms with Gasteiger partial charge in [-0.25, -0.2) is 4.39 Å². The molecule has 214 valence electrons. The number of nitrogens with one attached hydrogen (secondary N) is 1. The number of halogens is 4. The minimum absolute atomic E-state index is 0.0256. The lowest BCUT2D eigenvalue weighted by atomic mass is 9.90. The largest absolute Gasteiger partial charge is 0.616 e. The summed E-state index contributed by atoms with van der Waals surface area (Å²) in [5, 5.41) is 18.2. The molecule has 0 amide bonds. The molecule has 0 unspecified atom stereocenters. The average Bonchev–Trinajstić information content (AvgIpc) is 3.22. The Morgan fingerprint density at radius 1 is 1.26 bits per heavy atom. The highest BCUT2D eigenvalue weighted by molar-refractivity contribution is 7.91. The number of hydrogen-bond acceptors (Lipinski definition) is 8. The summed E-state index contributed by atoms with van der Waals surface area (Å²) in [6, 6.07) is 3.59. The van der Waals surface area contributed by atoms with Crippen LogP contribution in [-0.2, 0) is 35.3 Å². The molecule has 13 heteroatoms. The number of nitrogen functional groups attached to an aromatic ring is 1. The zero-order valence-electron chi connectivity index (χ0n) is 21.8. The zero-order chi connectivity index (χ0) is 28.3. The fourth-order valence-electron chi connectivity index (χ4n) is 4.34. The van der Waals surface area contributed by atoms with Crippen molar-refractivity contribution in [3.63, 3.8) is 0 Å². The van der Waals surface area contributed by atoms with Crippen LogP contribution in [0.3, 0.4) is 0 Å². The summed E-state index contributed by atoms with van der Waals surface area (Å²) in [5.74, 6) is -0.882. The summed E-state index contributed by atoms with van der Waals surface area (Å²) in [4.78, 5) is 0. The smallest absolute Gasteiger partial charge is 0.427 e. The molecule has 1 aliphatic heterocycles. The number of alkyl halides is 3. The van der Waals surface area contributed by atoms with Crippen LogP contribution >= 0.6 is 0 Å². The Bertz CT molecular complexity index is 1060. The standard InChI is InChI=1S/C25H35F4N3O5S/c1-24(2,3)9-17-8-16(32-37-17)10-31-19-13-38(34)12-15(23(19)33)5-14-6-18(26)22(30)20(7-14)36-21(11-35-4)25(27,28)29/h6-8,15,19,21,23,31,33H,5,9-13,30H2,1-4H3/t15-,19+,21-,23+,38-/m1/s1. The van der Waals surface area contributed by atoms with Gasteiger partial charge in [0.1, 0.15) is 34.5 Å². The maximum absolute atomic E-state index is 14.5. The van der Waals surface area contributed by atoms with Crippen molar-refractivity contribution in [3.8, 4) is 5.75 Å². The van der Waals surface area contributed by atoms with Gasteiger partial charge in [0.15, 0.2) is 0 Å². The summed E-state index contributed by atoms with van der Waals surface area (Å²) >= 11 is -1.28. The van der Waals surface area contributed by atoms with Crippen LogP contribution in [0.15, 0.2) is 22.7 Å². The first-order chi connectivity index (χ1) is 17.7. The molecule has 8 nitrogen and oxygen atoms in total. The van der Waals surface area contributed by atoms with Gasteiger partial charge in [0.25, 0.3) is 0 Å². The lowest BCUT2D eigenvalue weighted by Gasteiger charge is -2.36. The van der Waals surface area contributed by atoms with Crippen LogP contribution in [0.1, 0.15) is 37.8 Å². The van der Waals surface area contributed by atoms with Crippen LogP contribution in [0.5, 0.6) is 5.75 Å². The summed E-state index contributed by atoms with van der Waals surface area (Å²) in [7, 11) is 1.09. The summed E-state index contributed by atoms with van der Waals surface area (Å²) in [6.45, 7) is 5.73. The molecule has 3 rings (SSSR count). The Morgan fingerprint density at radius 2 is 1.97 bits per heavy atom. The van der Waals surface area contributed by atoms with Crippen LogP contribution < -0.4 is 15.8 Å². The quantitative estimate of drug-likeness (QED) is 0.228. The molecule has 1 saturated heterocycles. The number of aliphatic hydroxyl groups excluding tert-OH is 1. The summed E-state index contributed by atoms with van der Waals surface area (Å²) in [6.07, 6.45) is -7.29. The molecule has 0 saturated carbocycles. The van der Waals surface area contributed by atoms with E-state index in [0.717, 1.165) is 18.9 Å². The molecule has 0 radical (unpaired) electrons. The number of methoxy groups -OCH3 is 1. The van der Waals surface area contributed by atoms with Gasteiger partial charge in [0.2, 0.25) is 6.10 Å². The summed E-state index contributed by atoms with van der Waals surface area (Å²) in [5.41, 5.74) is 6.01. The van der Waals surface area contributed by atoms with Gasteiger partial charge in [-0.1, -0.05) is 37.1 Å². The Hall–Kier alpha value is -2.06. The second-order valence-corrected chi connectivity index (χ2v) is 12.4. The Kier molecular flexibility index (Phi) is 9.96. The van der Waals surface area contributed by atoms with Gasteiger partial charge in [-0.2, -0.15) is 13.2 Å². The van der Waals surface area contributed by atoms with Crippen LogP contribution in [-0.4, -0.2) is 64.5 Å². The van der Waals surface area contributed by atoms with E-state index in [1.165, 1.54) is 6.07 Å². The van der Waals surface area contributed by atoms with Crippen LogP contribution in [0.2, 0.25) is 0 Å². The monoisotopic (exact) mass is 565 g/mol. The number of hydrogen-bond donors (Lipinski definition) is 3. The lowest BCUT2D eigenvalue weighted by molar-refractivity contribution is -0.206. The second-order valence-electron chi connectivity index (χ2n) is 10.8. The molecule has 4 N–H and O–H groups in total. The molecule has 1 aromatic heterocycles. The molecule has 0 spiro atoms. The zero-order valence-corrected chi connectivity index (χ0v) is 22.6. The SMILES string of the molecule is COC[C@@H](Oc1cc(C[C@@H]2C[S@@+]([O-])C[C@H](NCc3cc(CC(C)(C)C)on3)[C@H]2O)cc(F)c1N)C(F)(F)F. The molecule has 1 aliphatic rings. The maximum atomic E-state index is 14.5. The van der Waals surface area contributed by atoms with E-state index in [9.17, 15) is 27.2 Å². The van der Waals surface area contributed by atoms with Gasteiger partial charge in [-0.05, 0) is 29.5 Å². The molecule has 1 fully saturated rings. The number of benzene rings is 1. The number of aromatic nitrogens is 1. The third-order valence-electron chi connectivity index (χ3n) is 6.12. The molecule has 0 aliphatic carbocycles. The first kappa shape index (κ1) is 30.5. The normalized spacial score (nSPS) is 23.4. The Morgan fingerprint density at radius 3 is 2.61 bits per heavy atom. The lowest BCUT2D eigenvalue weighted by Crippen LogP contribution is -2.54. The van der Waals surface area contributed by atoms with Crippen molar-refractivity contribution in [1.29, 1.82) is 0 Å². The van der Waals surface area contributed by atoms with Crippen molar-refractivity contribution in [2.45, 2.75) is 64.6 Å². The van der Waals surface area contributed by atoms with Crippen molar-refractivity contribution in [1.82, 2.24) is 10.5 Å². The van der Waals surface area contributed by atoms with Crippen molar-refractivity contribution < 1.29 is 41.2 Å². The third-order valence-corrected chi connectivity index (χ3v) is 7.65. The third kappa shape index (κ3) is 8.47. The molecule has 1 aromatic carbocycles. The number of rotatable bonds is 10. The molecule has 5 atom stereocenters. The second kappa shape index (κ2) is 12.4. The molecule has 2 heterocycles. The fraction of sp³-hybridized carbons (Fsp3) is 0.640. The van der Waals surface area contributed by atoms with Gasteiger partial charge < -0.3 is 34.7 Å². The van der Waals surface area contributed by atoms with Crippen LogP contribution in [0, 0.1) is 17.2 Å². The van der Waals surface area contributed by atoms with Crippen molar-refractivity contribution >= 4 is 16.9 Å². The number of anilines is 1. The summed E-state index contributed by atoms with van der Waals surface area (Å²) < 4.78 is 81.9. The topological polar surface area (TPSA) is 126 Å². The molecule has 2 aromatic rings. The Balaban J connectivity index is 1.69. The number of nitrogens with two attached hydrogens (primary N) is 1. The molecule has 38 heavy (non-hydrogen) atoms. The number of aliphatic hydroxyl groups is 1. The molecular weight excluding hydrogens is 530 g/mol. The van der Waals surface area contributed by atoms with E-state index in [1.54, 1.807) is 0 Å². The molecule has 0 bridgehead atoms. The van der Waals surface area contributed by atoms with Gasteiger partial charge >= 0.3 is 6.18 Å². The van der Waals surface area contributed by atoms with E-state index in [0.29, 0.717) is 12.1 Å². The van der Waals surface area contributed by atoms with E-state index in [-0.39, 0.29) is 35.4 Å². The van der Waals surface area contributed by atoms with Crippen LogP contribution in [0.4, 0.5) is 23.2 Å². The van der Waals surface area contributed by atoms with Crippen LogP contribution in [0.25, 0.3) is 0 Å². The van der Waals surface area contributed by atoms with Crippen molar-refractivity contribution in [3.05, 3.63) is 41.0 Å². The maximum Gasteiger partial charge on any atom is 0.427 e. The Labute approximate surface area is 222 Å². The average molecular weight is 566 g/mol. The predicted molar refractivity (Wildman–Crippen MR) is 135 cm³/mol. The minimum atomic E-state index is -4.76. The van der Waals surface area contributed by atoms with Crippen molar-refractivity contribution in [2.75, 3.05) is 31.0 Å². The van der Waals surface area contributed by atoms with Gasteiger partial charge in [0.05, 0.1) is 24.4 Å². The van der Waals surface area contributed by atoms with E-state index >= 15 is 0 Å². The van der Waals surface area contributed by atoms with E-state index in [2.05, 4.69) is 36.0 Å². The highest BCUT2D eigenvalue weighted by Gasteiger charge is 2.43. The highest BCUT2D eigenvalue weighted by atomic mass is 32.2. The van der Waals surface area contributed by atoms with E-state index in [1.807, 2.05) is 6.07 Å². The first-order valence-electron chi connectivity index (χ1n) is 12.2. The van der Waals surface area contributed by atoms with Gasteiger partial charge in [-0.15, -0.1) is 0 Å².